The molecule has 0 atom stereocenters. The molecule has 1 aliphatic heterocycles. The van der Waals surface area contributed by atoms with Gasteiger partial charge in [0.05, 0.1) is 4.92 Å². The minimum absolute atomic E-state index is 0.0204. The maximum Gasteiger partial charge on any atom is 0.363 e. The number of carbonyl (C=O) groups excluding carboxylic acids is 1. The summed E-state index contributed by atoms with van der Waals surface area (Å²) >= 11 is 5.86. The highest BCUT2D eigenvalue weighted by molar-refractivity contribution is 6.32. The number of esters is 1. The number of ether oxygens (including phenoxy) is 1. The van der Waals surface area contributed by atoms with E-state index in [-0.39, 0.29) is 44.4 Å². The normalized spacial score (nSPS) is 15.7. The maximum atomic E-state index is 12.5. The molecule has 0 aromatic heterocycles. The third kappa shape index (κ3) is 4.67. The average Bonchev–Trinajstić information content (AvgIpc) is 3.01. The molecule has 0 aliphatic carbocycles. The summed E-state index contributed by atoms with van der Waals surface area (Å²) in [6, 6.07) is 7.73. The van der Waals surface area contributed by atoms with Crippen LogP contribution in [0, 0.1) is 10.1 Å². The van der Waals surface area contributed by atoms with Crippen molar-refractivity contribution in [3.8, 4) is 5.75 Å². The highest BCUT2D eigenvalue weighted by Crippen LogP contribution is 2.40. The van der Waals surface area contributed by atoms with Gasteiger partial charge in [-0.25, -0.2) is 9.79 Å². The Morgan fingerprint density at radius 2 is 1.62 bits per heavy atom. The van der Waals surface area contributed by atoms with Crippen LogP contribution in [0.3, 0.4) is 0 Å². The lowest BCUT2D eigenvalue weighted by Crippen LogP contribution is -2.17. The number of benzene rings is 2. The van der Waals surface area contributed by atoms with Crippen molar-refractivity contribution < 1.29 is 19.6 Å². The number of hydrogen-bond donors (Lipinski definition) is 1. The Morgan fingerprint density at radius 1 is 1.06 bits per heavy atom. The number of carbonyl (C=O) groups is 1. The second-order valence-corrected chi connectivity index (χ2v) is 10.1. The standard InChI is InChI=1S/C24H25ClN2O5/c1-23(2,3)15-9-13(10-16(20(15)28)24(4,5)6)11-18-22(29)32-21(26-18)14-7-8-17(25)19(12-14)27(30)31/h7-12,28H,1-6H3. The molecule has 0 radical (unpaired) electrons. The zero-order valence-electron chi connectivity index (χ0n) is 18.8. The van der Waals surface area contributed by atoms with Gasteiger partial charge in [0.2, 0.25) is 5.90 Å². The van der Waals surface area contributed by atoms with E-state index >= 15 is 0 Å². The van der Waals surface area contributed by atoms with E-state index in [1.807, 2.05) is 53.7 Å². The number of phenolic OH excluding ortho intramolecular Hbond substituents is 1. The molecule has 0 fully saturated rings. The number of nitro groups is 1. The van der Waals surface area contributed by atoms with Gasteiger partial charge in [-0.1, -0.05) is 53.1 Å². The van der Waals surface area contributed by atoms with Crippen LogP contribution in [0.1, 0.15) is 63.8 Å². The maximum absolute atomic E-state index is 12.5. The Hall–Kier alpha value is -3.19. The molecule has 1 heterocycles. The molecule has 0 bridgehead atoms. The molecule has 7 nitrogen and oxygen atoms in total. The lowest BCUT2D eigenvalue weighted by atomic mass is 9.78. The van der Waals surface area contributed by atoms with Crippen LogP contribution in [0.15, 0.2) is 41.0 Å². The molecule has 0 saturated heterocycles. The number of hydrogen-bond acceptors (Lipinski definition) is 6. The van der Waals surface area contributed by atoms with Crippen LogP contribution in [0.2, 0.25) is 5.02 Å². The van der Waals surface area contributed by atoms with Gasteiger partial charge in [-0.3, -0.25) is 10.1 Å². The van der Waals surface area contributed by atoms with E-state index in [0.717, 1.165) is 11.1 Å². The summed E-state index contributed by atoms with van der Waals surface area (Å²) in [5, 5.41) is 22.0. The summed E-state index contributed by atoms with van der Waals surface area (Å²) in [6.07, 6.45) is 1.59. The van der Waals surface area contributed by atoms with Crippen molar-refractivity contribution in [2.75, 3.05) is 0 Å². The van der Waals surface area contributed by atoms with Crippen LogP contribution < -0.4 is 0 Å². The number of halogens is 1. The van der Waals surface area contributed by atoms with Crippen LogP contribution >= 0.6 is 11.6 Å². The van der Waals surface area contributed by atoms with Crippen molar-refractivity contribution >= 4 is 35.2 Å². The van der Waals surface area contributed by atoms with Crippen molar-refractivity contribution in [1.82, 2.24) is 0 Å². The predicted molar refractivity (Wildman–Crippen MR) is 124 cm³/mol. The minimum atomic E-state index is -0.666. The molecule has 1 aliphatic rings. The summed E-state index contributed by atoms with van der Waals surface area (Å²) < 4.78 is 5.25. The van der Waals surface area contributed by atoms with E-state index in [1.165, 1.54) is 18.2 Å². The van der Waals surface area contributed by atoms with Crippen molar-refractivity contribution in [1.29, 1.82) is 0 Å². The summed E-state index contributed by atoms with van der Waals surface area (Å²) in [4.78, 5) is 27.3. The first-order valence-corrected chi connectivity index (χ1v) is 10.4. The first-order valence-electron chi connectivity index (χ1n) is 10.0. The number of nitrogens with zero attached hydrogens (tertiary/aromatic N) is 2. The molecule has 32 heavy (non-hydrogen) atoms. The summed E-state index contributed by atoms with van der Waals surface area (Å²) in [6.45, 7) is 12.0. The van der Waals surface area contributed by atoms with Crippen molar-refractivity contribution in [3.63, 3.8) is 0 Å². The van der Waals surface area contributed by atoms with E-state index in [0.29, 0.717) is 5.56 Å². The van der Waals surface area contributed by atoms with Crippen LogP contribution in [0.4, 0.5) is 5.69 Å². The third-order valence-corrected chi connectivity index (χ3v) is 5.38. The van der Waals surface area contributed by atoms with E-state index in [9.17, 15) is 20.0 Å². The van der Waals surface area contributed by atoms with Gasteiger partial charge in [0.15, 0.2) is 5.70 Å². The molecule has 0 saturated carbocycles. The fourth-order valence-corrected chi connectivity index (χ4v) is 3.55. The van der Waals surface area contributed by atoms with E-state index < -0.39 is 10.9 Å². The zero-order chi connectivity index (χ0) is 24.0. The number of aliphatic imine (C=N–C) groups is 1. The van der Waals surface area contributed by atoms with Gasteiger partial charge in [-0.15, -0.1) is 0 Å². The monoisotopic (exact) mass is 456 g/mol. The van der Waals surface area contributed by atoms with Gasteiger partial charge in [0.1, 0.15) is 10.8 Å². The molecular weight excluding hydrogens is 432 g/mol. The Kier molecular flexibility index (Phi) is 5.91. The summed E-state index contributed by atoms with van der Waals surface area (Å²) in [7, 11) is 0. The highest BCUT2D eigenvalue weighted by Gasteiger charge is 2.29. The molecule has 0 unspecified atom stereocenters. The smallest absolute Gasteiger partial charge is 0.363 e. The third-order valence-electron chi connectivity index (χ3n) is 5.06. The fourth-order valence-electron chi connectivity index (χ4n) is 3.36. The second-order valence-electron chi connectivity index (χ2n) is 9.72. The summed E-state index contributed by atoms with van der Waals surface area (Å²) in [5.74, 6) is -0.467. The van der Waals surface area contributed by atoms with E-state index in [1.54, 1.807) is 6.08 Å². The highest BCUT2D eigenvalue weighted by atomic mass is 35.5. The van der Waals surface area contributed by atoms with Gasteiger partial charge in [-0.05, 0) is 46.7 Å². The molecule has 2 aromatic rings. The van der Waals surface area contributed by atoms with Gasteiger partial charge in [0, 0.05) is 22.8 Å². The largest absolute Gasteiger partial charge is 0.507 e. The SMILES string of the molecule is CC(C)(C)c1cc(C=C2N=C(c3ccc(Cl)c([N+](=O)[O-])c3)OC2=O)cc(C(C)(C)C)c1O. The fraction of sp³-hybridized carbons (Fsp3) is 0.333. The van der Waals surface area contributed by atoms with E-state index in [2.05, 4.69) is 4.99 Å². The first-order chi connectivity index (χ1) is 14.7. The lowest BCUT2D eigenvalue weighted by molar-refractivity contribution is -0.384. The van der Waals surface area contributed by atoms with Crippen LogP contribution in [0.5, 0.6) is 5.75 Å². The minimum Gasteiger partial charge on any atom is -0.507 e. The van der Waals surface area contributed by atoms with Crippen molar-refractivity contribution in [2.24, 2.45) is 4.99 Å². The number of phenols is 1. The lowest BCUT2D eigenvalue weighted by Gasteiger charge is -2.27. The van der Waals surface area contributed by atoms with Crippen molar-refractivity contribution in [2.45, 2.75) is 52.4 Å². The quantitative estimate of drug-likeness (QED) is 0.268. The predicted octanol–water partition coefficient (Wildman–Crippen LogP) is 5.89. The molecule has 168 valence electrons. The number of rotatable bonds is 3. The molecule has 0 spiro atoms. The van der Waals surface area contributed by atoms with E-state index in [4.69, 9.17) is 16.3 Å². The number of nitro benzene ring substituents is 1. The molecule has 3 rings (SSSR count). The summed E-state index contributed by atoms with van der Waals surface area (Å²) in [5.41, 5.74) is 1.57. The average molecular weight is 457 g/mol. The van der Waals surface area contributed by atoms with Gasteiger partial charge >= 0.3 is 5.97 Å². The Bertz CT molecular complexity index is 1150. The Morgan fingerprint density at radius 3 is 2.12 bits per heavy atom. The molecular formula is C24H25ClN2O5. The molecule has 1 N–H and O–H groups in total. The van der Waals surface area contributed by atoms with Crippen molar-refractivity contribution in [3.05, 3.63) is 73.4 Å². The molecule has 2 aromatic carbocycles. The van der Waals surface area contributed by atoms with Crippen LogP contribution in [-0.4, -0.2) is 21.9 Å². The molecule has 8 heteroatoms. The van der Waals surface area contributed by atoms with Crippen LogP contribution in [0.25, 0.3) is 6.08 Å². The van der Waals surface area contributed by atoms with Gasteiger partial charge < -0.3 is 9.84 Å². The van der Waals surface area contributed by atoms with Gasteiger partial charge in [-0.2, -0.15) is 0 Å². The zero-order valence-corrected chi connectivity index (χ0v) is 19.6. The molecule has 0 amide bonds. The van der Waals surface area contributed by atoms with Gasteiger partial charge in [0.25, 0.3) is 5.69 Å². The first kappa shape index (κ1) is 23.5. The Balaban J connectivity index is 2.11. The van der Waals surface area contributed by atoms with Crippen LogP contribution in [-0.2, 0) is 20.4 Å². The topological polar surface area (TPSA) is 102 Å². The Labute approximate surface area is 191 Å². The number of aromatic hydroxyl groups is 1. The number of cyclic esters (lactones) is 1. The second kappa shape index (κ2) is 8.06.